The van der Waals surface area contributed by atoms with Crippen molar-refractivity contribution in [2.45, 2.75) is 25.8 Å². The lowest BCUT2D eigenvalue weighted by atomic mass is 10.2. The van der Waals surface area contributed by atoms with E-state index in [0.29, 0.717) is 36.6 Å². The van der Waals surface area contributed by atoms with Crippen LogP contribution in [0.1, 0.15) is 29.2 Å². The van der Waals surface area contributed by atoms with Crippen LogP contribution in [0.25, 0.3) is 5.52 Å². The first-order valence-corrected chi connectivity index (χ1v) is 10.4. The SMILES string of the molecule is Cc1ccc(C2CC2COc2cc(NCc3cnn4ccccc34)c(=O)n(C)n2)nc1. The number of anilines is 1. The molecular weight excluding hydrogens is 392 g/mol. The Hall–Kier alpha value is -3.68. The first-order chi connectivity index (χ1) is 15.1. The Labute approximate surface area is 179 Å². The molecule has 1 aliphatic rings. The first-order valence-electron chi connectivity index (χ1n) is 10.4. The van der Waals surface area contributed by atoms with E-state index >= 15 is 0 Å². The molecule has 2 unspecified atom stereocenters. The van der Waals surface area contributed by atoms with Gasteiger partial charge in [-0.15, -0.1) is 5.10 Å². The Morgan fingerprint density at radius 2 is 2.13 bits per heavy atom. The lowest BCUT2D eigenvalue weighted by Crippen LogP contribution is -2.24. The largest absolute Gasteiger partial charge is 0.476 e. The Kier molecular flexibility index (Phi) is 4.89. The van der Waals surface area contributed by atoms with Crippen LogP contribution < -0.4 is 15.6 Å². The number of pyridine rings is 2. The molecule has 31 heavy (non-hydrogen) atoms. The molecule has 4 aromatic rings. The van der Waals surface area contributed by atoms with Crippen LogP contribution in [0.3, 0.4) is 0 Å². The minimum absolute atomic E-state index is 0.197. The summed E-state index contributed by atoms with van der Waals surface area (Å²) in [4.78, 5) is 17.0. The molecule has 0 saturated heterocycles. The second-order valence-electron chi connectivity index (χ2n) is 8.05. The summed E-state index contributed by atoms with van der Waals surface area (Å²) in [7, 11) is 1.63. The molecule has 2 atom stereocenters. The summed E-state index contributed by atoms with van der Waals surface area (Å²) in [6.07, 6.45) is 6.66. The van der Waals surface area contributed by atoms with Gasteiger partial charge in [0.25, 0.3) is 5.56 Å². The standard InChI is InChI=1S/C23H24N6O2/c1-15-6-7-19(24-11-15)18-9-16(18)14-31-22-10-20(23(30)28(2)27-22)25-12-17-13-26-29-8-4-3-5-21(17)29/h3-8,10-11,13,16,18,25H,9,12,14H2,1-2H3. The molecule has 0 aromatic carbocycles. The van der Waals surface area contributed by atoms with Crippen molar-refractivity contribution in [1.82, 2.24) is 24.4 Å². The van der Waals surface area contributed by atoms with Crippen molar-refractivity contribution in [2.24, 2.45) is 13.0 Å². The Morgan fingerprint density at radius 3 is 2.97 bits per heavy atom. The van der Waals surface area contributed by atoms with Crippen molar-refractivity contribution >= 4 is 11.2 Å². The van der Waals surface area contributed by atoms with Crippen molar-refractivity contribution < 1.29 is 4.74 Å². The maximum atomic E-state index is 12.5. The van der Waals surface area contributed by atoms with Gasteiger partial charge in [-0.1, -0.05) is 12.1 Å². The van der Waals surface area contributed by atoms with Gasteiger partial charge < -0.3 is 10.1 Å². The van der Waals surface area contributed by atoms with Crippen molar-refractivity contribution in [3.05, 3.63) is 82.2 Å². The minimum Gasteiger partial charge on any atom is -0.476 e. The van der Waals surface area contributed by atoms with E-state index in [2.05, 4.69) is 32.6 Å². The van der Waals surface area contributed by atoms with Crippen LogP contribution in [0.5, 0.6) is 5.88 Å². The van der Waals surface area contributed by atoms with E-state index in [9.17, 15) is 4.79 Å². The van der Waals surface area contributed by atoms with Gasteiger partial charge in [0.15, 0.2) is 0 Å². The number of hydrogen-bond acceptors (Lipinski definition) is 6. The zero-order valence-corrected chi connectivity index (χ0v) is 17.5. The maximum absolute atomic E-state index is 12.5. The summed E-state index contributed by atoms with van der Waals surface area (Å²) in [6, 6.07) is 11.8. The molecule has 0 spiro atoms. The van der Waals surface area contributed by atoms with Crippen LogP contribution in [0.4, 0.5) is 5.69 Å². The zero-order valence-electron chi connectivity index (χ0n) is 17.5. The fourth-order valence-corrected chi connectivity index (χ4v) is 3.78. The summed E-state index contributed by atoms with van der Waals surface area (Å²) >= 11 is 0. The molecular formula is C23H24N6O2. The Morgan fingerprint density at radius 1 is 1.23 bits per heavy atom. The van der Waals surface area contributed by atoms with E-state index in [-0.39, 0.29) is 5.56 Å². The summed E-state index contributed by atoms with van der Waals surface area (Å²) < 4.78 is 9.05. The average Bonchev–Trinajstić information content (AvgIpc) is 3.44. The molecule has 1 N–H and O–H groups in total. The highest BCUT2D eigenvalue weighted by molar-refractivity contribution is 5.55. The topological polar surface area (TPSA) is 86.3 Å². The number of nitrogens with one attached hydrogen (secondary N) is 1. The molecule has 8 heteroatoms. The van der Waals surface area contributed by atoms with Crippen molar-refractivity contribution in [3.8, 4) is 5.88 Å². The van der Waals surface area contributed by atoms with E-state index < -0.39 is 0 Å². The van der Waals surface area contributed by atoms with Crippen LogP contribution in [0.15, 0.2) is 59.8 Å². The predicted octanol–water partition coefficient (Wildman–Crippen LogP) is 2.93. The third-order valence-corrected chi connectivity index (χ3v) is 5.70. The van der Waals surface area contributed by atoms with Crippen LogP contribution in [0, 0.1) is 12.8 Å². The molecule has 4 heterocycles. The number of rotatable bonds is 7. The van der Waals surface area contributed by atoms with Crippen molar-refractivity contribution in [3.63, 3.8) is 0 Å². The van der Waals surface area contributed by atoms with E-state index in [1.165, 1.54) is 4.68 Å². The number of aromatic nitrogens is 5. The second-order valence-corrected chi connectivity index (χ2v) is 8.05. The molecule has 4 aromatic heterocycles. The first kappa shape index (κ1) is 19.3. The normalized spacial score (nSPS) is 17.6. The highest BCUT2D eigenvalue weighted by Gasteiger charge is 2.40. The predicted molar refractivity (Wildman–Crippen MR) is 117 cm³/mol. The number of hydrogen-bond donors (Lipinski definition) is 1. The zero-order chi connectivity index (χ0) is 21.4. The van der Waals surface area contributed by atoms with Gasteiger partial charge in [-0.05, 0) is 37.1 Å². The summed E-state index contributed by atoms with van der Waals surface area (Å²) in [5.41, 5.74) is 4.54. The molecule has 0 aliphatic heterocycles. The molecule has 0 amide bonds. The molecule has 5 rings (SSSR count). The lowest BCUT2D eigenvalue weighted by molar-refractivity contribution is 0.278. The summed E-state index contributed by atoms with van der Waals surface area (Å²) in [6.45, 7) is 3.08. The monoisotopic (exact) mass is 416 g/mol. The van der Waals surface area contributed by atoms with Gasteiger partial charge in [0.05, 0.1) is 18.3 Å². The van der Waals surface area contributed by atoms with Gasteiger partial charge in [0.2, 0.25) is 5.88 Å². The van der Waals surface area contributed by atoms with Gasteiger partial charge in [-0.2, -0.15) is 5.10 Å². The average molecular weight is 416 g/mol. The Bertz CT molecular complexity index is 1280. The molecule has 158 valence electrons. The molecule has 8 nitrogen and oxygen atoms in total. The smallest absolute Gasteiger partial charge is 0.290 e. The highest BCUT2D eigenvalue weighted by atomic mass is 16.5. The molecule has 0 radical (unpaired) electrons. The number of fused-ring (bicyclic) bond motifs is 1. The number of ether oxygens (including phenoxy) is 1. The highest BCUT2D eigenvalue weighted by Crippen LogP contribution is 2.46. The maximum Gasteiger partial charge on any atom is 0.290 e. The molecule has 1 aliphatic carbocycles. The van der Waals surface area contributed by atoms with Gasteiger partial charge in [-0.3, -0.25) is 9.78 Å². The van der Waals surface area contributed by atoms with Crippen LogP contribution in [-0.4, -0.2) is 31.0 Å². The third kappa shape index (κ3) is 4.01. The number of aryl methyl sites for hydroxylation is 2. The molecule has 1 fully saturated rings. The molecule has 1 saturated carbocycles. The van der Waals surface area contributed by atoms with Gasteiger partial charge in [0, 0.05) is 55.1 Å². The fourth-order valence-electron chi connectivity index (χ4n) is 3.78. The fraction of sp³-hybridized carbons (Fsp3) is 0.304. The van der Waals surface area contributed by atoms with E-state index in [1.54, 1.807) is 19.3 Å². The quantitative estimate of drug-likeness (QED) is 0.499. The van der Waals surface area contributed by atoms with E-state index in [1.807, 2.05) is 42.0 Å². The van der Waals surface area contributed by atoms with Gasteiger partial charge >= 0.3 is 0 Å². The van der Waals surface area contributed by atoms with Crippen molar-refractivity contribution in [2.75, 3.05) is 11.9 Å². The van der Waals surface area contributed by atoms with Gasteiger partial charge in [0.1, 0.15) is 5.69 Å². The summed E-state index contributed by atoms with van der Waals surface area (Å²) in [5.74, 6) is 1.29. The van der Waals surface area contributed by atoms with Crippen molar-refractivity contribution in [1.29, 1.82) is 0 Å². The van der Waals surface area contributed by atoms with Crippen LogP contribution in [0.2, 0.25) is 0 Å². The van der Waals surface area contributed by atoms with Crippen LogP contribution >= 0.6 is 0 Å². The third-order valence-electron chi connectivity index (χ3n) is 5.70. The minimum atomic E-state index is -0.197. The van der Waals surface area contributed by atoms with Gasteiger partial charge in [-0.25, -0.2) is 9.20 Å². The van der Waals surface area contributed by atoms with Crippen LogP contribution in [-0.2, 0) is 13.6 Å². The lowest BCUT2D eigenvalue weighted by Gasteiger charge is -2.10. The Balaban J connectivity index is 1.24. The van der Waals surface area contributed by atoms with E-state index in [4.69, 9.17) is 4.74 Å². The second kappa shape index (κ2) is 7.86. The summed E-state index contributed by atoms with van der Waals surface area (Å²) in [5, 5.41) is 11.8. The molecule has 0 bridgehead atoms. The number of nitrogens with zero attached hydrogens (tertiary/aromatic N) is 5. The van der Waals surface area contributed by atoms with E-state index in [0.717, 1.165) is 28.8 Å².